The number of hydrogen-bond acceptors (Lipinski definition) is 5. The molecule has 4 N–H and O–H groups in total. The third-order valence-electron chi connectivity index (χ3n) is 4.79. The minimum absolute atomic E-state index is 0.186. The van der Waals surface area contributed by atoms with Gasteiger partial charge < -0.3 is 25.8 Å². The predicted molar refractivity (Wildman–Crippen MR) is 98.1 cm³/mol. The molecule has 1 saturated heterocycles. The first kappa shape index (κ1) is 18.3. The first-order valence-electron chi connectivity index (χ1n) is 8.93. The lowest BCUT2D eigenvalue weighted by atomic mass is 10.1. The van der Waals surface area contributed by atoms with Crippen LogP contribution in [0.25, 0.3) is 0 Å². The lowest BCUT2D eigenvalue weighted by Gasteiger charge is -2.29. The summed E-state index contributed by atoms with van der Waals surface area (Å²) >= 11 is 6.08. The van der Waals surface area contributed by atoms with Crippen molar-refractivity contribution in [3.8, 4) is 5.75 Å². The summed E-state index contributed by atoms with van der Waals surface area (Å²) in [5.74, 6) is 0.874. The zero-order valence-electron chi connectivity index (χ0n) is 14.3. The highest BCUT2D eigenvalue weighted by atomic mass is 35.5. The highest BCUT2D eigenvalue weighted by Crippen LogP contribution is 2.33. The van der Waals surface area contributed by atoms with Crippen LogP contribution in [-0.4, -0.2) is 54.8 Å². The Morgan fingerprint density at radius 1 is 1.32 bits per heavy atom. The van der Waals surface area contributed by atoms with Crippen molar-refractivity contribution >= 4 is 23.2 Å². The van der Waals surface area contributed by atoms with E-state index in [4.69, 9.17) is 22.1 Å². The number of aliphatic hydroxyl groups excluding tert-OH is 1. The van der Waals surface area contributed by atoms with E-state index in [1.807, 2.05) is 0 Å². The molecule has 3 rings (SSSR count). The molecule has 0 atom stereocenters. The molecule has 0 bridgehead atoms. The van der Waals surface area contributed by atoms with Gasteiger partial charge >= 0.3 is 0 Å². The Kier molecular flexibility index (Phi) is 6.04. The van der Waals surface area contributed by atoms with E-state index < -0.39 is 0 Å². The van der Waals surface area contributed by atoms with E-state index in [9.17, 15) is 9.90 Å². The molecule has 25 heavy (non-hydrogen) atoms. The van der Waals surface area contributed by atoms with Crippen LogP contribution in [0.5, 0.6) is 5.75 Å². The number of halogens is 1. The molecule has 0 radical (unpaired) electrons. The lowest BCUT2D eigenvalue weighted by Crippen LogP contribution is -2.40. The molecular weight excluding hydrogens is 342 g/mol. The molecule has 0 unspecified atom stereocenters. The van der Waals surface area contributed by atoms with Gasteiger partial charge in [-0.3, -0.25) is 4.79 Å². The Bertz CT molecular complexity index is 614. The van der Waals surface area contributed by atoms with Gasteiger partial charge in [0.1, 0.15) is 5.75 Å². The maximum Gasteiger partial charge on any atom is 0.255 e. The van der Waals surface area contributed by atoms with Gasteiger partial charge in [0.05, 0.1) is 29.0 Å². The summed E-state index contributed by atoms with van der Waals surface area (Å²) < 4.78 is 5.79. The number of nitrogens with two attached hydrogens (primary N) is 1. The van der Waals surface area contributed by atoms with Gasteiger partial charge in [0, 0.05) is 32.2 Å². The Labute approximate surface area is 153 Å². The van der Waals surface area contributed by atoms with Crippen LogP contribution in [0.4, 0.5) is 5.69 Å². The van der Waals surface area contributed by atoms with Crippen molar-refractivity contribution in [3.63, 3.8) is 0 Å². The minimum atomic E-state index is -0.204. The Morgan fingerprint density at radius 3 is 2.72 bits per heavy atom. The van der Waals surface area contributed by atoms with Crippen molar-refractivity contribution in [1.82, 2.24) is 10.2 Å². The average Bonchev–Trinajstić information content (AvgIpc) is 3.41. The third-order valence-corrected chi connectivity index (χ3v) is 5.11. The highest BCUT2D eigenvalue weighted by molar-refractivity contribution is 6.33. The molecule has 2 fully saturated rings. The zero-order chi connectivity index (χ0) is 17.8. The first-order chi connectivity index (χ1) is 12.0. The van der Waals surface area contributed by atoms with Crippen molar-refractivity contribution in [2.24, 2.45) is 5.92 Å². The maximum atomic E-state index is 12.5. The normalized spacial score (nSPS) is 19.0. The van der Waals surface area contributed by atoms with Gasteiger partial charge in [0.15, 0.2) is 0 Å². The summed E-state index contributed by atoms with van der Waals surface area (Å²) in [6.07, 6.45) is 3.75. The van der Waals surface area contributed by atoms with Gasteiger partial charge in [-0.15, -0.1) is 0 Å². The smallest absolute Gasteiger partial charge is 0.255 e. The van der Waals surface area contributed by atoms with Crippen LogP contribution < -0.4 is 15.8 Å². The summed E-state index contributed by atoms with van der Waals surface area (Å²) in [7, 11) is 0. The van der Waals surface area contributed by atoms with E-state index in [1.54, 1.807) is 12.1 Å². The summed E-state index contributed by atoms with van der Waals surface area (Å²) in [5.41, 5.74) is 6.69. The van der Waals surface area contributed by atoms with Crippen molar-refractivity contribution < 1.29 is 14.6 Å². The Morgan fingerprint density at radius 2 is 2.04 bits per heavy atom. The van der Waals surface area contributed by atoms with E-state index in [0.717, 1.165) is 32.5 Å². The molecule has 7 heteroatoms. The molecule has 1 aliphatic heterocycles. The van der Waals surface area contributed by atoms with Crippen LogP contribution in [0.15, 0.2) is 12.1 Å². The number of aliphatic hydroxyl groups is 1. The first-order valence-corrected chi connectivity index (χ1v) is 9.31. The molecule has 1 aromatic carbocycles. The molecule has 1 saturated carbocycles. The van der Waals surface area contributed by atoms with Crippen LogP contribution in [0, 0.1) is 5.92 Å². The van der Waals surface area contributed by atoms with Gasteiger partial charge in [-0.05, 0) is 37.7 Å². The van der Waals surface area contributed by atoms with Gasteiger partial charge in [-0.1, -0.05) is 11.6 Å². The molecule has 1 heterocycles. The average molecular weight is 368 g/mol. The summed E-state index contributed by atoms with van der Waals surface area (Å²) in [6.45, 7) is 3.64. The van der Waals surface area contributed by atoms with Crippen molar-refractivity contribution in [1.29, 1.82) is 0 Å². The molecule has 1 amide bonds. The number of carbonyl (C=O) groups excluding carboxylic acids is 1. The number of carbonyl (C=O) groups is 1. The molecule has 6 nitrogen and oxygen atoms in total. The second-order valence-electron chi connectivity index (χ2n) is 6.95. The number of hydrogen-bond donors (Lipinski definition) is 3. The van der Waals surface area contributed by atoms with Crippen LogP contribution in [0.3, 0.4) is 0 Å². The molecule has 0 aromatic heterocycles. The minimum Gasteiger partial charge on any atom is -0.492 e. The number of nitrogens with one attached hydrogen (secondary N) is 1. The van der Waals surface area contributed by atoms with Crippen molar-refractivity contribution in [3.05, 3.63) is 22.7 Å². The van der Waals surface area contributed by atoms with E-state index in [1.165, 1.54) is 12.8 Å². The molecule has 1 aromatic rings. The number of amides is 1. The van der Waals surface area contributed by atoms with E-state index in [2.05, 4.69) is 10.2 Å². The second-order valence-corrected chi connectivity index (χ2v) is 7.36. The molecule has 2 aliphatic rings. The topological polar surface area (TPSA) is 87.8 Å². The summed E-state index contributed by atoms with van der Waals surface area (Å²) in [4.78, 5) is 14.8. The SMILES string of the molecule is Nc1cc(OCC2CC2)c(C(=O)NCCN2CCC(O)CC2)cc1Cl. The number of likely N-dealkylation sites (tertiary alicyclic amines) is 1. The van der Waals surface area contributed by atoms with Crippen LogP contribution in [0.1, 0.15) is 36.0 Å². The standard InChI is InChI=1S/C18H26ClN3O3/c19-15-9-14(17(10-16(15)20)25-11-12-1-2-12)18(24)21-5-8-22-6-3-13(23)4-7-22/h9-10,12-13,23H,1-8,11,20H2,(H,21,24). The van der Waals surface area contributed by atoms with Crippen LogP contribution in [0.2, 0.25) is 5.02 Å². The molecular formula is C18H26ClN3O3. The maximum absolute atomic E-state index is 12.5. The second kappa shape index (κ2) is 8.25. The number of piperidine rings is 1. The Hall–Kier alpha value is -1.50. The number of anilines is 1. The highest BCUT2D eigenvalue weighted by Gasteiger charge is 2.24. The monoisotopic (exact) mass is 367 g/mol. The Balaban J connectivity index is 1.55. The van der Waals surface area contributed by atoms with E-state index in [-0.39, 0.29) is 12.0 Å². The number of ether oxygens (including phenoxy) is 1. The van der Waals surface area contributed by atoms with Crippen molar-refractivity contribution in [2.45, 2.75) is 31.8 Å². The van der Waals surface area contributed by atoms with Gasteiger partial charge in [-0.25, -0.2) is 0 Å². The fourth-order valence-electron chi connectivity index (χ4n) is 2.92. The third kappa shape index (κ3) is 5.23. The number of rotatable bonds is 7. The van der Waals surface area contributed by atoms with E-state index in [0.29, 0.717) is 41.1 Å². The zero-order valence-corrected chi connectivity index (χ0v) is 15.1. The largest absolute Gasteiger partial charge is 0.492 e. The molecule has 138 valence electrons. The van der Waals surface area contributed by atoms with Gasteiger partial charge in [-0.2, -0.15) is 0 Å². The van der Waals surface area contributed by atoms with Crippen LogP contribution >= 0.6 is 11.6 Å². The quantitative estimate of drug-likeness (QED) is 0.640. The number of nitrogens with zero attached hydrogens (tertiary/aromatic N) is 1. The summed E-state index contributed by atoms with van der Waals surface area (Å²) in [6, 6.07) is 3.21. The number of benzene rings is 1. The summed E-state index contributed by atoms with van der Waals surface area (Å²) in [5, 5.41) is 12.8. The van der Waals surface area contributed by atoms with Crippen LogP contribution in [-0.2, 0) is 0 Å². The molecule has 0 spiro atoms. The van der Waals surface area contributed by atoms with Crippen molar-refractivity contribution in [2.75, 3.05) is 38.5 Å². The van der Waals surface area contributed by atoms with E-state index >= 15 is 0 Å². The fraction of sp³-hybridized carbons (Fsp3) is 0.611. The lowest BCUT2D eigenvalue weighted by molar-refractivity contribution is 0.0803. The molecule has 1 aliphatic carbocycles. The number of nitrogen functional groups attached to an aromatic ring is 1. The predicted octanol–water partition coefficient (Wildman–Crippen LogP) is 1.90. The van der Waals surface area contributed by atoms with Gasteiger partial charge in [0.2, 0.25) is 0 Å². The van der Waals surface area contributed by atoms with Gasteiger partial charge in [0.25, 0.3) is 5.91 Å². The fourth-order valence-corrected chi connectivity index (χ4v) is 3.09.